The number of hydrogen-bond acceptors (Lipinski definition) is 4. The molecule has 0 aliphatic carbocycles. The molecule has 0 bridgehead atoms. The summed E-state index contributed by atoms with van der Waals surface area (Å²) >= 11 is 0. The van der Waals surface area contributed by atoms with Crippen LogP contribution in [0.15, 0.2) is 24.5 Å². The number of carbonyl (C=O) groups is 1. The van der Waals surface area contributed by atoms with Crippen molar-refractivity contribution in [1.29, 1.82) is 0 Å². The van der Waals surface area contributed by atoms with E-state index >= 15 is 0 Å². The van der Waals surface area contributed by atoms with Gasteiger partial charge in [0.1, 0.15) is 11.4 Å². The van der Waals surface area contributed by atoms with Crippen LogP contribution in [0.4, 0.5) is 4.79 Å². The number of ether oxygens (including phenoxy) is 2. The highest BCUT2D eigenvalue weighted by Crippen LogP contribution is 2.15. The predicted octanol–water partition coefficient (Wildman–Crippen LogP) is 4.58. The molecule has 1 amide bonds. The molecule has 0 aliphatic rings. The monoisotopic (exact) mass is 334 g/mol. The fraction of sp³-hybridized carbons (Fsp3) is 0.579. The minimum atomic E-state index is -0.485. The predicted molar refractivity (Wildman–Crippen MR) is 97.1 cm³/mol. The highest BCUT2D eigenvalue weighted by atomic mass is 16.6. The van der Waals surface area contributed by atoms with E-state index in [9.17, 15) is 4.79 Å². The van der Waals surface area contributed by atoms with Gasteiger partial charge in [0.15, 0.2) is 0 Å². The third-order valence-corrected chi connectivity index (χ3v) is 3.05. The molecular weight excluding hydrogens is 304 g/mol. The van der Waals surface area contributed by atoms with Crippen LogP contribution in [0.25, 0.3) is 6.08 Å². The van der Waals surface area contributed by atoms with Crippen molar-refractivity contribution in [3.05, 3.63) is 30.1 Å². The first-order valence-electron chi connectivity index (χ1n) is 8.47. The molecule has 1 heterocycles. The van der Waals surface area contributed by atoms with Gasteiger partial charge in [-0.15, -0.1) is 0 Å². The first-order valence-corrected chi connectivity index (χ1v) is 8.47. The lowest BCUT2D eigenvalue weighted by Crippen LogP contribution is -2.38. The summed E-state index contributed by atoms with van der Waals surface area (Å²) < 4.78 is 10.9. The van der Waals surface area contributed by atoms with Crippen molar-refractivity contribution in [2.45, 2.75) is 72.1 Å². The molecule has 134 valence electrons. The van der Waals surface area contributed by atoms with E-state index in [1.54, 1.807) is 12.4 Å². The van der Waals surface area contributed by atoms with Crippen molar-refractivity contribution in [2.75, 3.05) is 0 Å². The standard InChI is InChI=1S/C19H30N2O3/c1-7-16(21-18(22)24-19(4,5)6)10-8-9-15-11-17(13-20-12-15)23-14(2)3/h8-9,11-14,16H,7,10H2,1-6H3,(H,21,22). The number of rotatable bonds is 7. The molecule has 5 nitrogen and oxygen atoms in total. The third-order valence-electron chi connectivity index (χ3n) is 3.05. The van der Waals surface area contributed by atoms with E-state index in [1.165, 1.54) is 0 Å². The Morgan fingerprint density at radius 1 is 1.33 bits per heavy atom. The van der Waals surface area contributed by atoms with Gasteiger partial charge in [-0.05, 0) is 59.1 Å². The Hall–Kier alpha value is -2.04. The van der Waals surface area contributed by atoms with Crippen molar-refractivity contribution >= 4 is 12.2 Å². The number of hydrogen-bond donors (Lipinski definition) is 1. The van der Waals surface area contributed by atoms with Gasteiger partial charge in [0.2, 0.25) is 0 Å². The Kier molecular flexibility index (Phi) is 7.75. The van der Waals surface area contributed by atoms with Gasteiger partial charge in [0, 0.05) is 12.2 Å². The zero-order chi connectivity index (χ0) is 18.2. The van der Waals surface area contributed by atoms with E-state index in [1.807, 2.05) is 59.8 Å². The largest absolute Gasteiger partial charge is 0.489 e. The van der Waals surface area contributed by atoms with E-state index in [2.05, 4.69) is 10.3 Å². The second kappa shape index (κ2) is 9.30. The zero-order valence-electron chi connectivity index (χ0n) is 15.6. The fourth-order valence-electron chi connectivity index (χ4n) is 2.03. The van der Waals surface area contributed by atoms with Gasteiger partial charge in [0.05, 0.1) is 12.3 Å². The fourth-order valence-corrected chi connectivity index (χ4v) is 2.03. The van der Waals surface area contributed by atoms with Crippen LogP contribution in [0.2, 0.25) is 0 Å². The summed E-state index contributed by atoms with van der Waals surface area (Å²) in [7, 11) is 0. The molecule has 0 radical (unpaired) electrons. The molecular formula is C19H30N2O3. The Morgan fingerprint density at radius 3 is 2.62 bits per heavy atom. The van der Waals surface area contributed by atoms with Crippen molar-refractivity contribution < 1.29 is 14.3 Å². The van der Waals surface area contributed by atoms with E-state index in [4.69, 9.17) is 9.47 Å². The molecule has 1 N–H and O–H groups in total. The molecule has 0 aromatic carbocycles. The molecule has 24 heavy (non-hydrogen) atoms. The molecule has 1 unspecified atom stereocenters. The van der Waals surface area contributed by atoms with Crippen molar-refractivity contribution in [3.8, 4) is 5.75 Å². The van der Waals surface area contributed by atoms with Crippen LogP contribution in [-0.4, -0.2) is 28.8 Å². The van der Waals surface area contributed by atoms with Gasteiger partial charge >= 0.3 is 6.09 Å². The second-order valence-corrected chi connectivity index (χ2v) is 7.01. The summed E-state index contributed by atoms with van der Waals surface area (Å²) in [4.78, 5) is 16.0. The number of nitrogens with zero attached hydrogens (tertiary/aromatic N) is 1. The van der Waals surface area contributed by atoms with Gasteiger partial charge in [-0.25, -0.2) is 4.79 Å². The van der Waals surface area contributed by atoms with Crippen molar-refractivity contribution in [3.63, 3.8) is 0 Å². The first kappa shape index (κ1) is 20.0. The highest BCUT2D eigenvalue weighted by Gasteiger charge is 2.18. The molecule has 0 spiro atoms. The minimum Gasteiger partial charge on any atom is -0.489 e. The summed E-state index contributed by atoms with van der Waals surface area (Å²) in [5.74, 6) is 0.756. The Balaban J connectivity index is 2.56. The first-order chi connectivity index (χ1) is 11.2. The average Bonchev–Trinajstić information content (AvgIpc) is 2.44. The van der Waals surface area contributed by atoms with E-state index in [0.717, 1.165) is 24.2 Å². The Morgan fingerprint density at radius 2 is 2.04 bits per heavy atom. The quantitative estimate of drug-likeness (QED) is 0.793. The van der Waals surface area contributed by atoms with Gasteiger partial charge in [0.25, 0.3) is 0 Å². The van der Waals surface area contributed by atoms with Gasteiger partial charge in [-0.2, -0.15) is 0 Å². The Bertz CT molecular complexity index is 548. The molecule has 0 saturated carbocycles. The van der Waals surface area contributed by atoms with Crippen LogP contribution >= 0.6 is 0 Å². The molecule has 1 rings (SSSR count). The summed E-state index contributed by atoms with van der Waals surface area (Å²) in [5.41, 5.74) is 0.487. The van der Waals surface area contributed by atoms with Gasteiger partial charge in [-0.1, -0.05) is 19.1 Å². The summed E-state index contributed by atoms with van der Waals surface area (Å²) in [6.07, 6.45) is 8.80. The smallest absolute Gasteiger partial charge is 0.407 e. The number of aromatic nitrogens is 1. The maximum absolute atomic E-state index is 11.8. The lowest BCUT2D eigenvalue weighted by molar-refractivity contribution is 0.0503. The number of alkyl carbamates (subject to hydrolysis) is 1. The van der Waals surface area contributed by atoms with Crippen LogP contribution in [0.3, 0.4) is 0 Å². The topological polar surface area (TPSA) is 60.5 Å². The normalized spacial score (nSPS) is 13.1. The van der Waals surface area contributed by atoms with Gasteiger partial charge < -0.3 is 14.8 Å². The number of pyridine rings is 1. The van der Waals surface area contributed by atoms with E-state index < -0.39 is 5.60 Å². The maximum atomic E-state index is 11.8. The van der Waals surface area contributed by atoms with Crippen molar-refractivity contribution in [2.24, 2.45) is 0 Å². The van der Waals surface area contributed by atoms with E-state index in [0.29, 0.717) is 0 Å². The number of amides is 1. The molecule has 1 aromatic rings. The lowest BCUT2D eigenvalue weighted by Gasteiger charge is -2.22. The van der Waals surface area contributed by atoms with Gasteiger partial charge in [-0.3, -0.25) is 4.98 Å². The summed E-state index contributed by atoms with van der Waals surface area (Å²) in [6, 6.07) is 1.99. The van der Waals surface area contributed by atoms with Crippen LogP contribution in [0.5, 0.6) is 5.75 Å². The maximum Gasteiger partial charge on any atom is 0.407 e. The molecule has 0 saturated heterocycles. The summed E-state index contributed by atoms with van der Waals surface area (Å²) in [5, 5.41) is 2.89. The minimum absolute atomic E-state index is 0.0409. The average molecular weight is 334 g/mol. The SMILES string of the molecule is CCC(CC=Cc1cncc(OC(C)C)c1)NC(=O)OC(C)(C)C. The molecule has 0 aliphatic heterocycles. The molecule has 1 atom stereocenters. The highest BCUT2D eigenvalue weighted by molar-refractivity contribution is 5.68. The number of carbonyl (C=O) groups excluding carboxylic acids is 1. The summed E-state index contributed by atoms with van der Waals surface area (Å²) in [6.45, 7) is 11.6. The molecule has 0 fully saturated rings. The second-order valence-electron chi connectivity index (χ2n) is 7.01. The van der Waals surface area contributed by atoms with Crippen LogP contribution in [-0.2, 0) is 4.74 Å². The third kappa shape index (κ3) is 8.56. The number of nitrogens with one attached hydrogen (secondary N) is 1. The van der Waals surface area contributed by atoms with E-state index in [-0.39, 0.29) is 18.2 Å². The van der Waals surface area contributed by atoms with Crippen LogP contribution in [0.1, 0.15) is 59.9 Å². The molecule has 5 heteroatoms. The van der Waals surface area contributed by atoms with Crippen LogP contribution in [0, 0.1) is 0 Å². The zero-order valence-corrected chi connectivity index (χ0v) is 15.6. The van der Waals surface area contributed by atoms with Crippen LogP contribution < -0.4 is 10.1 Å². The lowest BCUT2D eigenvalue weighted by atomic mass is 10.1. The molecule has 1 aromatic heterocycles. The Labute approximate surface area is 145 Å². The van der Waals surface area contributed by atoms with Crippen molar-refractivity contribution in [1.82, 2.24) is 10.3 Å².